The number of rotatable bonds is 6. The largest absolute Gasteiger partial charge is 0.348 e. The van der Waals surface area contributed by atoms with Crippen LogP contribution in [-0.4, -0.2) is 20.9 Å². The van der Waals surface area contributed by atoms with Gasteiger partial charge in [0.15, 0.2) is 0 Å². The van der Waals surface area contributed by atoms with Crippen molar-refractivity contribution in [2.75, 3.05) is 10.8 Å². The third-order valence-electron chi connectivity index (χ3n) is 5.72. The molecule has 0 unspecified atom stereocenters. The zero-order valence-electron chi connectivity index (χ0n) is 17.8. The lowest BCUT2D eigenvalue weighted by Gasteiger charge is -2.28. The van der Waals surface area contributed by atoms with Crippen LogP contribution in [0.4, 0.5) is 10.1 Å². The van der Waals surface area contributed by atoms with Gasteiger partial charge in [0.25, 0.3) is 10.0 Å². The molecule has 1 aliphatic carbocycles. The minimum Gasteiger partial charge on any atom is -0.348 e. The van der Waals surface area contributed by atoms with Gasteiger partial charge in [0.2, 0.25) is 5.91 Å². The molecule has 166 valence electrons. The Hall–Kier alpha value is -3.19. The number of anilines is 1. The number of hydrogen-bond acceptors (Lipinski definition) is 3. The van der Waals surface area contributed by atoms with E-state index in [1.54, 1.807) is 24.3 Å². The summed E-state index contributed by atoms with van der Waals surface area (Å²) in [5, 5.41) is 3.01. The van der Waals surface area contributed by atoms with Crippen LogP contribution in [0.1, 0.15) is 35.6 Å². The summed E-state index contributed by atoms with van der Waals surface area (Å²) in [5.74, 6) is -0.919. The van der Waals surface area contributed by atoms with E-state index in [1.165, 1.54) is 17.7 Å². The lowest BCUT2D eigenvalue weighted by Crippen LogP contribution is -2.42. The maximum atomic E-state index is 13.4. The van der Waals surface area contributed by atoms with Crippen molar-refractivity contribution >= 4 is 21.6 Å². The number of halogens is 1. The van der Waals surface area contributed by atoms with Gasteiger partial charge in [-0.25, -0.2) is 12.8 Å². The standard InChI is InChI=1S/C25H25FN2O3S/c1-18-9-13-21(14-10-18)28(32(30,31)22-15-11-20(26)12-16-22)17-25(29)27-24-8-4-6-19-5-2-3-7-23(19)24/h2-3,5,7,9-16,24H,4,6,8,17H2,1H3,(H,27,29)/t24-/m0/s1. The molecule has 3 aromatic carbocycles. The number of carbonyl (C=O) groups excluding carboxylic acids is 1. The van der Waals surface area contributed by atoms with Crippen LogP contribution in [0.3, 0.4) is 0 Å². The molecule has 0 bridgehead atoms. The Morgan fingerprint density at radius 1 is 1.03 bits per heavy atom. The zero-order chi connectivity index (χ0) is 22.7. The fraction of sp³-hybridized carbons (Fsp3) is 0.240. The molecular weight excluding hydrogens is 427 g/mol. The van der Waals surface area contributed by atoms with Crippen LogP contribution in [0, 0.1) is 12.7 Å². The van der Waals surface area contributed by atoms with E-state index in [9.17, 15) is 17.6 Å². The molecule has 0 heterocycles. The van der Waals surface area contributed by atoms with E-state index < -0.39 is 21.7 Å². The Morgan fingerprint density at radius 2 is 1.72 bits per heavy atom. The Balaban J connectivity index is 1.62. The molecular formula is C25H25FN2O3S. The van der Waals surface area contributed by atoms with Crippen molar-refractivity contribution in [2.24, 2.45) is 0 Å². The Bertz CT molecular complexity index is 1210. The lowest BCUT2D eigenvalue weighted by molar-refractivity contribution is -0.120. The van der Waals surface area contributed by atoms with Gasteiger partial charge in [0.1, 0.15) is 12.4 Å². The van der Waals surface area contributed by atoms with E-state index in [0.717, 1.165) is 46.8 Å². The molecule has 0 saturated carbocycles. The predicted octanol–water partition coefficient (Wildman–Crippen LogP) is 4.52. The molecule has 1 N–H and O–H groups in total. The molecule has 0 aromatic heterocycles. The summed E-state index contributed by atoms with van der Waals surface area (Å²) in [6.45, 7) is 1.53. The topological polar surface area (TPSA) is 66.5 Å². The molecule has 0 spiro atoms. The molecule has 0 radical (unpaired) electrons. The first-order valence-electron chi connectivity index (χ1n) is 10.6. The smallest absolute Gasteiger partial charge is 0.264 e. The summed E-state index contributed by atoms with van der Waals surface area (Å²) in [4.78, 5) is 13.0. The number of benzene rings is 3. The number of carbonyl (C=O) groups is 1. The highest BCUT2D eigenvalue weighted by atomic mass is 32.2. The second-order valence-corrected chi connectivity index (χ2v) is 9.87. The molecule has 1 atom stereocenters. The van der Waals surface area contributed by atoms with Gasteiger partial charge in [0, 0.05) is 0 Å². The van der Waals surface area contributed by atoms with Gasteiger partial charge in [-0.1, -0.05) is 42.0 Å². The second kappa shape index (κ2) is 9.12. The molecule has 0 fully saturated rings. The van der Waals surface area contributed by atoms with Gasteiger partial charge in [-0.3, -0.25) is 9.10 Å². The molecule has 5 nitrogen and oxygen atoms in total. The fourth-order valence-corrected chi connectivity index (χ4v) is 5.46. The summed E-state index contributed by atoms with van der Waals surface area (Å²) < 4.78 is 41.2. The predicted molar refractivity (Wildman–Crippen MR) is 122 cm³/mol. The van der Waals surface area contributed by atoms with E-state index in [-0.39, 0.29) is 17.5 Å². The minimum absolute atomic E-state index is 0.0738. The van der Waals surface area contributed by atoms with Gasteiger partial charge in [-0.05, 0) is 73.7 Å². The molecule has 3 aromatic rings. The number of hydrogen-bond donors (Lipinski definition) is 1. The van der Waals surface area contributed by atoms with Crippen LogP contribution in [0.15, 0.2) is 77.7 Å². The van der Waals surface area contributed by atoms with Crippen molar-refractivity contribution in [1.82, 2.24) is 5.32 Å². The van der Waals surface area contributed by atoms with Crippen molar-refractivity contribution in [3.05, 3.63) is 95.3 Å². The van der Waals surface area contributed by atoms with Crippen LogP contribution in [0.25, 0.3) is 0 Å². The SMILES string of the molecule is Cc1ccc(N(CC(=O)N[C@H]2CCCc3ccccc32)S(=O)(=O)c2ccc(F)cc2)cc1. The van der Waals surface area contributed by atoms with Gasteiger partial charge in [-0.2, -0.15) is 0 Å². The number of fused-ring (bicyclic) bond motifs is 1. The van der Waals surface area contributed by atoms with E-state index in [4.69, 9.17) is 0 Å². The monoisotopic (exact) mass is 452 g/mol. The number of aryl methyl sites for hydroxylation is 2. The van der Waals surface area contributed by atoms with Crippen molar-refractivity contribution in [3.8, 4) is 0 Å². The third-order valence-corrected chi connectivity index (χ3v) is 7.50. The number of nitrogens with one attached hydrogen (secondary N) is 1. The maximum Gasteiger partial charge on any atom is 0.264 e. The van der Waals surface area contributed by atoms with Crippen LogP contribution >= 0.6 is 0 Å². The summed E-state index contributed by atoms with van der Waals surface area (Å²) in [5.41, 5.74) is 3.63. The van der Waals surface area contributed by atoms with E-state index >= 15 is 0 Å². The number of nitrogens with zero attached hydrogens (tertiary/aromatic N) is 1. The first kappa shape index (κ1) is 22.0. The van der Waals surface area contributed by atoms with Gasteiger partial charge in [-0.15, -0.1) is 0 Å². The highest BCUT2D eigenvalue weighted by Gasteiger charge is 2.29. The average molecular weight is 453 g/mol. The Labute approximate surface area is 187 Å². The van der Waals surface area contributed by atoms with Crippen molar-refractivity contribution < 1.29 is 17.6 Å². The summed E-state index contributed by atoms with van der Waals surface area (Å²) in [6.07, 6.45) is 2.73. The third kappa shape index (κ3) is 4.67. The van der Waals surface area contributed by atoms with Crippen LogP contribution in [0.2, 0.25) is 0 Å². The van der Waals surface area contributed by atoms with Crippen LogP contribution < -0.4 is 9.62 Å². The Morgan fingerprint density at radius 3 is 2.44 bits per heavy atom. The summed E-state index contributed by atoms with van der Waals surface area (Å²) in [6, 6.07) is 19.4. The van der Waals surface area contributed by atoms with Crippen LogP contribution in [0.5, 0.6) is 0 Å². The maximum absolute atomic E-state index is 13.4. The molecule has 7 heteroatoms. The zero-order valence-corrected chi connectivity index (χ0v) is 18.6. The molecule has 0 aliphatic heterocycles. The normalized spacial score (nSPS) is 15.6. The van der Waals surface area contributed by atoms with E-state index in [0.29, 0.717) is 5.69 Å². The summed E-state index contributed by atoms with van der Waals surface area (Å²) in [7, 11) is -4.07. The molecule has 32 heavy (non-hydrogen) atoms. The molecule has 1 amide bonds. The van der Waals surface area contributed by atoms with Crippen molar-refractivity contribution in [3.63, 3.8) is 0 Å². The van der Waals surface area contributed by atoms with Gasteiger partial charge in [0.05, 0.1) is 16.6 Å². The quantitative estimate of drug-likeness (QED) is 0.598. The number of sulfonamides is 1. The highest BCUT2D eigenvalue weighted by molar-refractivity contribution is 7.92. The van der Waals surface area contributed by atoms with Gasteiger partial charge >= 0.3 is 0 Å². The fourth-order valence-electron chi connectivity index (χ4n) is 4.03. The van der Waals surface area contributed by atoms with E-state index in [2.05, 4.69) is 11.4 Å². The van der Waals surface area contributed by atoms with Crippen molar-refractivity contribution in [2.45, 2.75) is 37.1 Å². The first-order valence-corrected chi connectivity index (χ1v) is 12.0. The molecule has 4 rings (SSSR count). The first-order chi connectivity index (χ1) is 15.3. The summed E-state index contributed by atoms with van der Waals surface area (Å²) >= 11 is 0. The second-order valence-electron chi connectivity index (χ2n) is 8.01. The van der Waals surface area contributed by atoms with Crippen molar-refractivity contribution in [1.29, 1.82) is 0 Å². The van der Waals surface area contributed by atoms with E-state index in [1.807, 2.05) is 25.1 Å². The molecule has 0 saturated heterocycles. The highest BCUT2D eigenvalue weighted by Crippen LogP contribution is 2.30. The molecule has 1 aliphatic rings. The minimum atomic E-state index is -4.07. The lowest BCUT2D eigenvalue weighted by atomic mass is 9.88. The average Bonchev–Trinajstić information content (AvgIpc) is 2.79. The Kier molecular flexibility index (Phi) is 6.28. The van der Waals surface area contributed by atoms with Crippen LogP contribution in [-0.2, 0) is 21.2 Å². The van der Waals surface area contributed by atoms with Gasteiger partial charge < -0.3 is 5.32 Å². The number of amides is 1.